The molecule has 1 aromatic heterocycles. The number of aliphatic hydroxyl groups is 1. The summed E-state index contributed by atoms with van der Waals surface area (Å²) in [7, 11) is 0. The van der Waals surface area contributed by atoms with E-state index in [0.717, 1.165) is 18.0 Å². The van der Waals surface area contributed by atoms with Crippen LogP contribution in [0.4, 0.5) is 20.4 Å². The molecule has 1 saturated heterocycles. The number of rotatable bonds is 6. The number of carbonyl (C=O) groups is 1. The third kappa shape index (κ3) is 5.39. The van der Waals surface area contributed by atoms with Crippen molar-refractivity contribution in [3.05, 3.63) is 70.4 Å². The largest absolute Gasteiger partial charge is 0.386 e. The van der Waals surface area contributed by atoms with Crippen LogP contribution < -0.4 is 16.0 Å². The number of morpholine rings is 1. The monoisotopic (exact) mass is 500 g/mol. The van der Waals surface area contributed by atoms with Crippen molar-refractivity contribution in [1.82, 2.24) is 4.98 Å². The Kier molecular flexibility index (Phi) is 6.98. The summed E-state index contributed by atoms with van der Waals surface area (Å²) in [5.41, 5.74) is 4.43. The van der Waals surface area contributed by atoms with E-state index < -0.39 is 23.1 Å². The molecule has 1 fully saturated rings. The number of thiocarbonyl (C=S) groups is 1. The van der Waals surface area contributed by atoms with Crippen molar-refractivity contribution in [3.8, 4) is 0 Å². The van der Waals surface area contributed by atoms with E-state index in [4.69, 9.17) is 22.7 Å². The van der Waals surface area contributed by atoms with Gasteiger partial charge in [0.25, 0.3) is 5.91 Å². The highest BCUT2D eigenvalue weighted by atomic mass is 32.1. The summed E-state index contributed by atoms with van der Waals surface area (Å²) < 4.78 is 35.3. The van der Waals surface area contributed by atoms with Crippen LogP contribution in [0.3, 0.4) is 0 Å². The number of carbonyl (C=O) groups excluding carboxylic acids is 1. The number of benzene rings is 1. The van der Waals surface area contributed by atoms with Gasteiger partial charge in [0.2, 0.25) is 0 Å². The highest BCUT2D eigenvalue weighted by Gasteiger charge is 2.28. The Morgan fingerprint density at radius 2 is 1.89 bits per heavy atom. The van der Waals surface area contributed by atoms with E-state index in [1.165, 1.54) is 19.9 Å². The number of nitrogens with one attached hydrogen (secondary N) is 1. The van der Waals surface area contributed by atoms with Crippen LogP contribution >= 0.6 is 12.2 Å². The maximum Gasteiger partial charge on any atom is 0.250 e. The first-order valence-electron chi connectivity index (χ1n) is 11.1. The van der Waals surface area contributed by atoms with Crippen LogP contribution in [0, 0.1) is 11.6 Å². The molecular formula is C25H26F2N4O3S. The summed E-state index contributed by atoms with van der Waals surface area (Å²) >= 11 is 5.52. The van der Waals surface area contributed by atoms with Gasteiger partial charge in [-0.05, 0) is 55.3 Å². The fourth-order valence-corrected chi connectivity index (χ4v) is 4.34. The van der Waals surface area contributed by atoms with Gasteiger partial charge in [-0.3, -0.25) is 4.79 Å². The summed E-state index contributed by atoms with van der Waals surface area (Å²) in [5.74, 6) is -1.33. The van der Waals surface area contributed by atoms with Crippen LogP contribution in [-0.2, 0) is 15.1 Å². The smallest absolute Gasteiger partial charge is 0.250 e. The minimum Gasteiger partial charge on any atom is -0.386 e. The first-order valence-corrected chi connectivity index (χ1v) is 11.5. The van der Waals surface area contributed by atoms with Gasteiger partial charge in [-0.15, -0.1) is 0 Å². The van der Waals surface area contributed by atoms with E-state index >= 15 is 0 Å². The molecule has 1 aliphatic heterocycles. The normalized spacial score (nSPS) is 16.9. The average Bonchev–Trinajstić information content (AvgIpc) is 2.80. The molecule has 4 N–H and O–H groups in total. The topological polar surface area (TPSA) is 101 Å². The Morgan fingerprint density at radius 3 is 2.49 bits per heavy atom. The summed E-state index contributed by atoms with van der Waals surface area (Å²) in [6.45, 7) is 5.50. The average molecular weight is 501 g/mol. The van der Waals surface area contributed by atoms with Gasteiger partial charge < -0.3 is 25.8 Å². The molecule has 1 aromatic carbocycles. The summed E-state index contributed by atoms with van der Waals surface area (Å²) in [5, 5.41) is 13.2. The number of halogens is 2. The van der Waals surface area contributed by atoms with Gasteiger partial charge in [0.05, 0.1) is 30.1 Å². The third-order valence-corrected chi connectivity index (χ3v) is 6.22. The van der Waals surface area contributed by atoms with Crippen molar-refractivity contribution in [1.29, 1.82) is 0 Å². The zero-order valence-corrected chi connectivity index (χ0v) is 20.2. The quantitative estimate of drug-likeness (QED) is 0.523. The molecule has 0 atom stereocenters. The summed E-state index contributed by atoms with van der Waals surface area (Å²) in [6.07, 6.45) is 1.35. The standard InChI is InChI=1S/C25H26F2N4O3S/c1-25(2,33)15-12-17(26)22(18(27)13-15)14-10-16(24(28)32)23(19(35)11-14)30-20-4-3-5-21(29-20)31-6-8-34-9-7-31/h3-5,10,12-13,33H,6-9,11H2,1-2H3,(H2,28,32)(H,29,30). The fourth-order valence-electron chi connectivity index (χ4n) is 4.02. The molecule has 0 bridgehead atoms. The lowest BCUT2D eigenvalue weighted by Gasteiger charge is -2.28. The second kappa shape index (κ2) is 9.80. The number of aromatic nitrogens is 1. The number of anilines is 2. The number of primary amides is 1. The minimum absolute atomic E-state index is 0.000176. The molecule has 0 radical (unpaired) electrons. The second-order valence-electron chi connectivity index (χ2n) is 8.90. The Balaban J connectivity index is 1.70. The molecule has 2 aromatic rings. The van der Waals surface area contributed by atoms with Crippen LogP contribution in [0.1, 0.15) is 31.4 Å². The molecular weight excluding hydrogens is 474 g/mol. The Hall–Kier alpha value is -3.21. The van der Waals surface area contributed by atoms with Crippen LogP contribution in [0.5, 0.6) is 0 Å². The lowest BCUT2D eigenvalue weighted by Crippen LogP contribution is -2.36. The van der Waals surface area contributed by atoms with Gasteiger partial charge in [0.1, 0.15) is 23.3 Å². The molecule has 1 aliphatic carbocycles. The van der Waals surface area contributed by atoms with Crippen LogP contribution in [0.2, 0.25) is 0 Å². The van der Waals surface area contributed by atoms with Crippen molar-refractivity contribution >= 4 is 40.2 Å². The fraction of sp³-hybridized carbons (Fsp3) is 0.320. The predicted molar refractivity (Wildman–Crippen MR) is 134 cm³/mol. The van der Waals surface area contributed by atoms with Gasteiger partial charge in [0.15, 0.2) is 0 Å². The van der Waals surface area contributed by atoms with Crippen molar-refractivity contribution in [2.45, 2.75) is 25.9 Å². The Bertz CT molecular complexity index is 1220. The lowest BCUT2D eigenvalue weighted by atomic mass is 9.88. The molecule has 0 spiro atoms. The molecule has 2 heterocycles. The van der Waals surface area contributed by atoms with E-state index in [1.807, 2.05) is 12.1 Å². The van der Waals surface area contributed by atoms with Gasteiger partial charge >= 0.3 is 0 Å². The second-order valence-corrected chi connectivity index (χ2v) is 9.39. The maximum absolute atomic E-state index is 14.9. The molecule has 184 valence electrons. The summed E-state index contributed by atoms with van der Waals surface area (Å²) in [4.78, 5) is 19.3. The third-order valence-electron chi connectivity index (χ3n) is 5.88. The highest BCUT2D eigenvalue weighted by molar-refractivity contribution is 7.81. The first-order chi connectivity index (χ1) is 16.5. The molecule has 35 heavy (non-hydrogen) atoms. The van der Waals surface area contributed by atoms with Gasteiger partial charge in [0, 0.05) is 29.9 Å². The number of hydrogen-bond acceptors (Lipinski definition) is 7. The highest BCUT2D eigenvalue weighted by Crippen LogP contribution is 2.35. The first kappa shape index (κ1) is 24.9. The minimum atomic E-state index is -1.42. The van der Waals surface area contributed by atoms with Crippen LogP contribution in [0.25, 0.3) is 5.57 Å². The zero-order valence-electron chi connectivity index (χ0n) is 19.4. The van der Waals surface area contributed by atoms with Gasteiger partial charge in [-0.1, -0.05) is 18.3 Å². The molecule has 0 saturated carbocycles. The van der Waals surface area contributed by atoms with Crippen molar-refractivity contribution in [2.24, 2.45) is 5.73 Å². The summed E-state index contributed by atoms with van der Waals surface area (Å²) in [6, 6.07) is 7.58. The SMILES string of the molecule is CC(C)(O)c1cc(F)c(C2=CC(C(N)=O)=C(Nc3cccc(N4CCOCC4)n3)C(=S)C2)c(F)c1. The molecule has 10 heteroatoms. The maximum atomic E-state index is 14.9. The van der Waals surface area contributed by atoms with Gasteiger partial charge in [-0.25, -0.2) is 13.8 Å². The van der Waals surface area contributed by atoms with E-state index in [1.54, 1.807) is 6.07 Å². The number of pyridine rings is 1. The number of nitrogens with two attached hydrogens (primary N) is 1. The van der Waals surface area contributed by atoms with Crippen molar-refractivity contribution < 1.29 is 23.4 Å². The van der Waals surface area contributed by atoms with E-state index in [9.17, 15) is 18.7 Å². The van der Waals surface area contributed by atoms with Gasteiger partial charge in [-0.2, -0.15) is 0 Å². The van der Waals surface area contributed by atoms with E-state index in [-0.39, 0.29) is 39.3 Å². The molecule has 2 aliphatic rings. The molecule has 4 rings (SSSR count). The number of nitrogens with zero attached hydrogens (tertiary/aromatic N) is 2. The van der Waals surface area contributed by atoms with Crippen LogP contribution in [0.15, 0.2) is 47.7 Å². The number of hydrogen-bond donors (Lipinski definition) is 3. The Morgan fingerprint density at radius 1 is 1.23 bits per heavy atom. The molecule has 7 nitrogen and oxygen atoms in total. The Labute approximate surface area is 207 Å². The molecule has 1 amide bonds. The predicted octanol–water partition coefficient (Wildman–Crippen LogP) is 3.43. The number of amides is 1. The number of ether oxygens (including phenoxy) is 1. The van der Waals surface area contributed by atoms with Crippen LogP contribution in [-0.4, -0.2) is 47.2 Å². The van der Waals surface area contributed by atoms with E-state index in [2.05, 4.69) is 15.2 Å². The van der Waals surface area contributed by atoms with E-state index in [0.29, 0.717) is 32.1 Å². The zero-order chi connectivity index (χ0) is 25.3. The lowest BCUT2D eigenvalue weighted by molar-refractivity contribution is -0.114. The number of allylic oxidation sites excluding steroid dienone is 2. The van der Waals surface area contributed by atoms with Crippen molar-refractivity contribution in [3.63, 3.8) is 0 Å². The molecule has 0 unspecified atom stereocenters. The van der Waals surface area contributed by atoms with Crippen molar-refractivity contribution in [2.75, 3.05) is 36.5 Å².